The van der Waals surface area contributed by atoms with Crippen LogP contribution in [0.1, 0.15) is 36.0 Å². The molecule has 1 amide bonds. The minimum atomic E-state index is -0.118. The Morgan fingerprint density at radius 1 is 1.33 bits per heavy atom. The zero-order valence-corrected chi connectivity index (χ0v) is 13.5. The lowest BCUT2D eigenvalue weighted by Gasteiger charge is -2.19. The first kappa shape index (κ1) is 16.2. The molecular formula is C15H20Cl2N2O2. The Bertz CT molecular complexity index is 531. The molecule has 3 rings (SSSR count). The molecule has 0 unspecified atom stereocenters. The van der Waals surface area contributed by atoms with Gasteiger partial charge < -0.3 is 15.8 Å². The van der Waals surface area contributed by atoms with Crippen LogP contribution < -0.4 is 15.8 Å². The number of nitrogen functional groups attached to an aromatic ring is 1. The van der Waals surface area contributed by atoms with Crippen molar-refractivity contribution in [1.29, 1.82) is 0 Å². The van der Waals surface area contributed by atoms with Crippen molar-refractivity contribution >= 4 is 35.6 Å². The van der Waals surface area contributed by atoms with Crippen LogP contribution in [-0.4, -0.2) is 19.1 Å². The third kappa shape index (κ3) is 3.55. The van der Waals surface area contributed by atoms with Crippen molar-refractivity contribution in [3.8, 4) is 5.75 Å². The van der Waals surface area contributed by atoms with Crippen LogP contribution in [0, 0.1) is 11.8 Å². The van der Waals surface area contributed by atoms with Gasteiger partial charge >= 0.3 is 0 Å². The molecular weight excluding hydrogens is 311 g/mol. The Kier molecular flexibility index (Phi) is 4.89. The minimum Gasteiger partial charge on any atom is -0.496 e. The summed E-state index contributed by atoms with van der Waals surface area (Å²) in [6.07, 6.45) is 4.89. The molecule has 3 N–H and O–H groups in total. The summed E-state index contributed by atoms with van der Waals surface area (Å²) in [6, 6.07) is 3.49. The Labute approximate surface area is 135 Å². The van der Waals surface area contributed by atoms with Crippen molar-refractivity contribution in [3.05, 3.63) is 22.7 Å². The van der Waals surface area contributed by atoms with Gasteiger partial charge in [0.15, 0.2) is 0 Å². The Hall–Kier alpha value is -1.13. The molecule has 2 saturated carbocycles. The quantitative estimate of drug-likeness (QED) is 0.814. The summed E-state index contributed by atoms with van der Waals surface area (Å²) in [7, 11) is 1.53. The summed E-state index contributed by atoms with van der Waals surface area (Å²) in [5, 5.41) is 3.54. The number of nitrogens with one attached hydrogen (secondary N) is 1. The zero-order valence-electron chi connectivity index (χ0n) is 11.9. The molecule has 0 atom stereocenters. The van der Waals surface area contributed by atoms with Crippen molar-refractivity contribution in [2.45, 2.75) is 31.7 Å². The molecule has 0 radical (unpaired) electrons. The van der Waals surface area contributed by atoms with Crippen molar-refractivity contribution in [2.24, 2.45) is 11.8 Å². The first-order valence-corrected chi connectivity index (χ1v) is 7.42. The summed E-state index contributed by atoms with van der Waals surface area (Å²) in [5.41, 5.74) is 6.61. The van der Waals surface area contributed by atoms with Crippen molar-refractivity contribution in [2.75, 3.05) is 12.8 Å². The molecule has 6 heteroatoms. The molecule has 2 fully saturated rings. The highest BCUT2D eigenvalue weighted by Crippen LogP contribution is 2.44. The monoisotopic (exact) mass is 330 g/mol. The summed E-state index contributed by atoms with van der Waals surface area (Å²) in [5.74, 6) is 1.66. The number of amides is 1. The number of methoxy groups -OCH3 is 1. The SMILES string of the molecule is COc1cc(N)c(Cl)cc1C(=O)NC(C1CC1)C1CC1.Cl. The molecule has 2 aliphatic carbocycles. The average Bonchev–Trinajstić information content (AvgIpc) is 3.29. The van der Waals surface area contributed by atoms with Crippen LogP contribution in [0.25, 0.3) is 0 Å². The molecule has 2 aliphatic rings. The largest absolute Gasteiger partial charge is 0.496 e. The second-order valence-corrected chi connectivity index (χ2v) is 6.16. The standard InChI is InChI=1S/C15H19ClN2O2.ClH/c1-20-13-7-12(17)11(16)6-10(13)15(19)18-14(8-2-3-8)9-4-5-9;/h6-9,14H,2-5,17H2,1H3,(H,18,19);1H. The molecule has 0 saturated heterocycles. The molecule has 1 aromatic carbocycles. The van der Waals surface area contributed by atoms with Gasteiger partial charge in [-0.2, -0.15) is 0 Å². The molecule has 116 valence electrons. The highest BCUT2D eigenvalue weighted by Gasteiger charge is 2.42. The van der Waals surface area contributed by atoms with Crippen LogP contribution in [0.5, 0.6) is 5.75 Å². The summed E-state index contributed by atoms with van der Waals surface area (Å²) >= 11 is 6.01. The first-order chi connectivity index (χ1) is 9.60. The van der Waals surface area contributed by atoms with E-state index < -0.39 is 0 Å². The van der Waals surface area contributed by atoms with E-state index in [0.29, 0.717) is 39.9 Å². The van der Waals surface area contributed by atoms with Crippen molar-refractivity contribution in [3.63, 3.8) is 0 Å². The van der Waals surface area contributed by atoms with Crippen LogP contribution in [-0.2, 0) is 0 Å². The number of ether oxygens (including phenoxy) is 1. The lowest BCUT2D eigenvalue weighted by Crippen LogP contribution is -2.38. The highest BCUT2D eigenvalue weighted by atomic mass is 35.5. The van der Waals surface area contributed by atoms with Gasteiger partial charge in [0.1, 0.15) is 5.75 Å². The molecule has 4 nitrogen and oxygen atoms in total. The zero-order chi connectivity index (χ0) is 14.3. The van der Waals surface area contributed by atoms with E-state index >= 15 is 0 Å². The predicted molar refractivity (Wildman–Crippen MR) is 86.4 cm³/mol. The fourth-order valence-electron chi connectivity index (χ4n) is 2.68. The second-order valence-electron chi connectivity index (χ2n) is 5.75. The Balaban J connectivity index is 0.00000161. The van der Waals surface area contributed by atoms with Crippen LogP contribution in [0.15, 0.2) is 12.1 Å². The van der Waals surface area contributed by atoms with Gasteiger partial charge in [-0.3, -0.25) is 4.79 Å². The van der Waals surface area contributed by atoms with E-state index in [2.05, 4.69) is 5.32 Å². The number of rotatable bonds is 5. The third-order valence-electron chi connectivity index (χ3n) is 4.12. The van der Waals surface area contributed by atoms with Crippen LogP contribution in [0.2, 0.25) is 5.02 Å². The molecule has 0 bridgehead atoms. The summed E-state index contributed by atoms with van der Waals surface area (Å²) in [4.78, 5) is 12.5. The van der Waals surface area contributed by atoms with Gasteiger partial charge in [-0.25, -0.2) is 0 Å². The van der Waals surface area contributed by atoms with Gasteiger partial charge in [0.2, 0.25) is 0 Å². The molecule has 0 spiro atoms. The Morgan fingerprint density at radius 3 is 2.38 bits per heavy atom. The van der Waals surface area contributed by atoms with Gasteiger partial charge in [-0.05, 0) is 43.6 Å². The van der Waals surface area contributed by atoms with E-state index in [0.717, 1.165) is 0 Å². The number of nitrogens with two attached hydrogens (primary N) is 1. The van der Waals surface area contributed by atoms with Crippen LogP contribution in [0.3, 0.4) is 0 Å². The van der Waals surface area contributed by atoms with Gasteiger partial charge in [0.25, 0.3) is 5.91 Å². The number of anilines is 1. The summed E-state index contributed by atoms with van der Waals surface area (Å²) < 4.78 is 5.24. The molecule has 1 aromatic rings. The van der Waals surface area contributed by atoms with Gasteiger partial charge in [-0.15, -0.1) is 12.4 Å². The summed E-state index contributed by atoms with van der Waals surface area (Å²) in [6.45, 7) is 0. The molecule has 0 aromatic heterocycles. The minimum absolute atomic E-state index is 0. The average molecular weight is 331 g/mol. The van der Waals surface area contributed by atoms with Gasteiger partial charge in [0.05, 0.1) is 23.4 Å². The first-order valence-electron chi connectivity index (χ1n) is 7.04. The van der Waals surface area contributed by atoms with Crippen molar-refractivity contribution in [1.82, 2.24) is 5.32 Å². The lowest BCUT2D eigenvalue weighted by molar-refractivity contribution is 0.0923. The molecule has 0 aliphatic heterocycles. The molecule has 0 heterocycles. The van der Waals surface area contributed by atoms with E-state index in [9.17, 15) is 4.79 Å². The number of carbonyl (C=O) groups is 1. The smallest absolute Gasteiger partial charge is 0.255 e. The fraction of sp³-hybridized carbons (Fsp3) is 0.533. The second kappa shape index (κ2) is 6.32. The normalized spacial score (nSPS) is 17.3. The van der Waals surface area contributed by atoms with E-state index in [4.69, 9.17) is 22.1 Å². The van der Waals surface area contributed by atoms with E-state index in [1.54, 1.807) is 12.1 Å². The van der Waals surface area contributed by atoms with Crippen molar-refractivity contribution < 1.29 is 9.53 Å². The van der Waals surface area contributed by atoms with Gasteiger partial charge in [0, 0.05) is 12.1 Å². The third-order valence-corrected chi connectivity index (χ3v) is 4.45. The topological polar surface area (TPSA) is 64.3 Å². The Morgan fingerprint density at radius 2 is 1.90 bits per heavy atom. The number of carbonyl (C=O) groups excluding carboxylic acids is 1. The van der Waals surface area contributed by atoms with Crippen LogP contribution in [0.4, 0.5) is 5.69 Å². The lowest BCUT2D eigenvalue weighted by atomic mass is 10.1. The maximum Gasteiger partial charge on any atom is 0.255 e. The number of halogens is 2. The van der Waals surface area contributed by atoms with Crippen LogP contribution >= 0.6 is 24.0 Å². The maximum atomic E-state index is 12.5. The van der Waals surface area contributed by atoms with E-state index in [-0.39, 0.29) is 18.3 Å². The molecule has 21 heavy (non-hydrogen) atoms. The number of hydrogen-bond acceptors (Lipinski definition) is 3. The fourth-order valence-corrected chi connectivity index (χ4v) is 2.84. The van der Waals surface area contributed by atoms with E-state index in [1.807, 2.05) is 0 Å². The predicted octanol–water partition coefficient (Wildman–Crippen LogP) is 3.27. The number of benzene rings is 1. The maximum absolute atomic E-state index is 12.5. The van der Waals surface area contributed by atoms with E-state index in [1.165, 1.54) is 32.8 Å². The highest BCUT2D eigenvalue weighted by molar-refractivity contribution is 6.33. The number of hydrogen-bond donors (Lipinski definition) is 2. The van der Waals surface area contributed by atoms with Gasteiger partial charge in [-0.1, -0.05) is 11.6 Å².